The molecular formula is C22H22N4O5S. The number of aryl methyl sites for hydroxylation is 2. The van der Waals surface area contributed by atoms with Crippen LogP contribution < -0.4 is 5.76 Å². The van der Waals surface area contributed by atoms with Crippen LogP contribution in [0.4, 0.5) is 0 Å². The number of piperidine rings is 1. The summed E-state index contributed by atoms with van der Waals surface area (Å²) in [4.78, 5) is 16.5. The Morgan fingerprint density at radius 1 is 1.12 bits per heavy atom. The second kappa shape index (κ2) is 7.72. The van der Waals surface area contributed by atoms with Gasteiger partial charge in [-0.1, -0.05) is 22.9 Å². The third-order valence-electron chi connectivity index (χ3n) is 5.88. The molecule has 32 heavy (non-hydrogen) atoms. The van der Waals surface area contributed by atoms with Gasteiger partial charge in [0.2, 0.25) is 21.7 Å². The molecule has 9 nitrogen and oxygen atoms in total. The molecule has 2 aromatic carbocycles. The summed E-state index contributed by atoms with van der Waals surface area (Å²) in [5, 5.41) is 4.07. The van der Waals surface area contributed by atoms with Gasteiger partial charge in [-0.05, 0) is 50.1 Å². The number of nitrogens with zero attached hydrogens (tertiary/aromatic N) is 4. The highest BCUT2D eigenvalue weighted by Crippen LogP contribution is 2.31. The van der Waals surface area contributed by atoms with Gasteiger partial charge in [-0.2, -0.15) is 9.29 Å². The molecule has 0 saturated carbocycles. The first-order valence-electron chi connectivity index (χ1n) is 10.3. The first kappa shape index (κ1) is 20.7. The number of hydrogen-bond donors (Lipinski definition) is 0. The van der Waals surface area contributed by atoms with E-state index in [-0.39, 0.29) is 17.4 Å². The number of fused-ring (bicyclic) bond motifs is 1. The minimum absolute atomic E-state index is 0.191. The predicted molar refractivity (Wildman–Crippen MR) is 117 cm³/mol. The molecule has 0 radical (unpaired) electrons. The van der Waals surface area contributed by atoms with E-state index in [1.807, 2.05) is 6.92 Å². The second-order valence-electron chi connectivity index (χ2n) is 8.08. The van der Waals surface area contributed by atoms with Crippen LogP contribution in [0.25, 0.3) is 22.5 Å². The first-order chi connectivity index (χ1) is 15.3. The van der Waals surface area contributed by atoms with Crippen molar-refractivity contribution in [2.75, 3.05) is 13.1 Å². The Hall–Kier alpha value is -3.24. The summed E-state index contributed by atoms with van der Waals surface area (Å²) in [6, 6.07) is 12.1. The molecule has 2 aromatic heterocycles. The topological polar surface area (TPSA) is 111 Å². The van der Waals surface area contributed by atoms with E-state index in [0.717, 1.165) is 12.0 Å². The van der Waals surface area contributed by atoms with E-state index in [4.69, 9.17) is 8.94 Å². The summed E-state index contributed by atoms with van der Waals surface area (Å²) in [7, 11) is -1.95. The summed E-state index contributed by atoms with van der Waals surface area (Å²) in [6.07, 6.45) is 1.46. The lowest BCUT2D eigenvalue weighted by Gasteiger charge is -2.30. The van der Waals surface area contributed by atoms with Crippen LogP contribution in [0.1, 0.15) is 30.2 Å². The van der Waals surface area contributed by atoms with E-state index in [1.165, 1.54) is 8.87 Å². The van der Waals surface area contributed by atoms with Crippen LogP contribution >= 0.6 is 0 Å². The molecule has 0 bridgehead atoms. The molecule has 10 heteroatoms. The Bertz CT molecular complexity index is 1450. The molecule has 1 aliphatic heterocycles. The van der Waals surface area contributed by atoms with Crippen LogP contribution in [0.5, 0.6) is 0 Å². The van der Waals surface area contributed by atoms with Crippen molar-refractivity contribution in [3.63, 3.8) is 0 Å². The van der Waals surface area contributed by atoms with Crippen molar-refractivity contribution < 1.29 is 17.4 Å². The fourth-order valence-electron chi connectivity index (χ4n) is 4.01. The third-order valence-corrected chi connectivity index (χ3v) is 7.76. The fraction of sp³-hybridized carbons (Fsp3) is 0.318. The summed E-state index contributed by atoms with van der Waals surface area (Å²) in [5.41, 5.74) is 2.77. The zero-order valence-corrected chi connectivity index (χ0v) is 18.5. The van der Waals surface area contributed by atoms with E-state index in [9.17, 15) is 13.2 Å². The molecule has 0 unspecified atom stereocenters. The molecule has 0 amide bonds. The summed E-state index contributed by atoms with van der Waals surface area (Å²) in [6.45, 7) is 2.66. The summed E-state index contributed by atoms with van der Waals surface area (Å²) >= 11 is 0. The highest BCUT2D eigenvalue weighted by Gasteiger charge is 2.33. The van der Waals surface area contributed by atoms with Gasteiger partial charge in [0.25, 0.3) is 0 Å². The van der Waals surface area contributed by atoms with E-state index in [2.05, 4.69) is 10.1 Å². The van der Waals surface area contributed by atoms with Crippen LogP contribution in [0.2, 0.25) is 0 Å². The molecule has 166 valence electrons. The Kier molecular flexibility index (Phi) is 4.98. The van der Waals surface area contributed by atoms with Crippen LogP contribution in [0, 0.1) is 6.92 Å². The standard InChI is InChI=1S/C22H22N4O5S/c1-14-5-8-17(9-6-14)32(28,29)26-11-3-4-16(13-26)21-23-20(24-31-21)15-7-10-18-19(12-15)30-22(27)25(18)2/h5-10,12,16H,3-4,11,13H2,1-2H3/t16-/m0/s1. The average molecular weight is 455 g/mol. The van der Waals surface area contributed by atoms with Gasteiger partial charge in [0, 0.05) is 25.7 Å². The number of sulfonamides is 1. The van der Waals surface area contributed by atoms with Crippen molar-refractivity contribution in [3.05, 3.63) is 64.5 Å². The smallest absolute Gasteiger partial charge is 0.408 e. The Labute approximate surface area is 184 Å². The van der Waals surface area contributed by atoms with Crippen molar-refractivity contribution in [3.8, 4) is 11.4 Å². The molecule has 1 fully saturated rings. The molecule has 0 aliphatic carbocycles. The fourth-order valence-corrected chi connectivity index (χ4v) is 5.54. The van der Waals surface area contributed by atoms with Gasteiger partial charge in [0.1, 0.15) is 0 Å². The van der Waals surface area contributed by atoms with Crippen molar-refractivity contribution in [1.29, 1.82) is 0 Å². The van der Waals surface area contributed by atoms with Gasteiger partial charge >= 0.3 is 5.76 Å². The van der Waals surface area contributed by atoms with Crippen LogP contribution in [0.15, 0.2) is 61.1 Å². The zero-order chi connectivity index (χ0) is 22.5. The Morgan fingerprint density at radius 3 is 2.69 bits per heavy atom. The lowest BCUT2D eigenvalue weighted by Crippen LogP contribution is -2.39. The Balaban J connectivity index is 1.39. The minimum Gasteiger partial charge on any atom is -0.408 e. The SMILES string of the molecule is Cc1ccc(S(=O)(=O)N2CCC[C@H](c3nc(-c4ccc5c(c4)oc(=O)n5C)no3)C2)cc1. The number of benzene rings is 2. The second-order valence-corrected chi connectivity index (χ2v) is 10.0. The van der Waals surface area contributed by atoms with Gasteiger partial charge in [-0.15, -0.1) is 0 Å². The van der Waals surface area contributed by atoms with E-state index in [1.54, 1.807) is 49.5 Å². The molecule has 3 heterocycles. The molecule has 1 atom stereocenters. The van der Waals surface area contributed by atoms with Gasteiger partial charge in [-0.3, -0.25) is 4.57 Å². The van der Waals surface area contributed by atoms with Gasteiger partial charge in [0.05, 0.1) is 16.3 Å². The highest BCUT2D eigenvalue weighted by molar-refractivity contribution is 7.89. The summed E-state index contributed by atoms with van der Waals surface area (Å²) < 4.78 is 39.8. The number of hydrogen-bond acceptors (Lipinski definition) is 7. The van der Waals surface area contributed by atoms with E-state index >= 15 is 0 Å². The number of aromatic nitrogens is 3. The maximum absolute atomic E-state index is 13.1. The predicted octanol–water partition coefficient (Wildman–Crippen LogP) is 3.06. The third kappa shape index (κ3) is 3.55. The van der Waals surface area contributed by atoms with Gasteiger partial charge < -0.3 is 8.94 Å². The lowest BCUT2D eigenvalue weighted by atomic mass is 10.00. The van der Waals surface area contributed by atoms with Crippen molar-refractivity contribution in [2.45, 2.75) is 30.6 Å². The maximum atomic E-state index is 13.1. The van der Waals surface area contributed by atoms with E-state index in [0.29, 0.717) is 41.3 Å². The molecule has 0 spiro atoms. The molecule has 4 aromatic rings. The number of oxazole rings is 1. The zero-order valence-electron chi connectivity index (χ0n) is 17.7. The Morgan fingerprint density at radius 2 is 1.91 bits per heavy atom. The quantitative estimate of drug-likeness (QED) is 0.466. The normalized spacial score (nSPS) is 17.8. The van der Waals surface area contributed by atoms with Crippen molar-refractivity contribution in [2.24, 2.45) is 7.05 Å². The number of rotatable bonds is 4. The minimum atomic E-state index is -3.59. The molecule has 1 aliphatic rings. The lowest BCUT2D eigenvalue weighted by molar-refractivity contribution is 0.265. The van der Waals surface area contributed by atoms with Gasteiger partial charge in [0.15, 0.2) is 5.58 Å². The monoisotopic (exact) mass is 454 g/mol. The average Bonchev–Trinajstić information content (AvgIpc) is 3.39. The van der Waals surface area contributed by atoms with Crippen LogP contribution in [-0.2, 0) is 17.1 Å². The van der Waals surface area contributed by atoms with E-state index < -0.39 is 15.8 Å². The molecule has 5 rings (SSSR count). The first-order valence-corrected chi connectivity index (χ1v) is 11.8. The maximum Gasteiger partial charge on any atom is 0.419 e. The molecule has 0 N–H and O–H groups in total. The van der Waals surface area contributed by atoms with Crippen molar-refractivity contribution >= 4 is 21.1 Å². The largest absolute Gasteiger partial charge is 0.419 e. The molecule has 1 saturated heterocycles. The van der Waals surface area contributed by atoms with Gasteiger partial charge in [-0.25, -0.2) is 13.2 Å². The molecular weight excluding hydrogens is 432 g/mol. The van der Waals surface area contributed by atoms with Crippen molar-refractivity contribution in [1.82, 2.24) is 19.0 Å². The van der Waals surface area contributed by atoms with Crippen LogP contribution in [-0.4, -0.2) is 40.5 Å². The highest BCUT2D eigenvalue weighted by atomic mass is 32.2. The van der Waals surface area contributed by atoms with Crippen LogP contribution in [0.3, 0.4) is 0 Å². The summed E-state index contributed by atoms with van der Waals surface area (Å²) in [5.74, 6) is 0.136.